The molecule has 2 aromatic rings. The van der Waals surface area contributed by atoms with E-state index in [1.54, 1.807) is 20.2 Å². The number of imidazole rings is 1. The van der Waals surface area contributed by atoms with Gasteiger partial charge in [-0.2, -0.15) is 18.3 Å². The van der Waals surface area contributed by atoms with Crippen LogP contribution >= 0.6 is 0 Å². The molecule has 0 saturated carbocycles. The first-order valence-electron chi connectivity index (χ1n) is 6.27. The smallest absolute Gasteiger partial charge is 0.311 e. The number of nitrogens with one attached hydrogen (secondary N) is 1. The number of alkyl halides is 3. The van der Waals surface area contributed by atoms with Crippen molar-refractivity contribution in [3.8, 4) is 5.69 Å². The molecule has 0 amide bonds. The summed E-state index contributed by atoms with van der Waals surface area (Å²) in [6, 6.07) is 0. The number of aromatic nitrogens is 4. The number of nitrogens with zero attached hydrogens (tertiary/aromatic N) is 4. The minimum absolute atomic E-state index is 0.366. The summed E-state index contributed by atoms with van der Waals surface area (Å²) in [5.74, 6) is -0.873. The van der Waals surface area contributed by atoms with Gasteiger partial charge in [0.2, 0.25) is 5.82 Å². The molecule has 2 aromatic heterocycles. The van der Waals surface area contributed by atoms with Crippen LogP contribution in [-0.4, -0.2) is 25.9 Å². The number of halogens is 3. The highest BCUT2D eigenvalue weighted by molar-refractivity contribution is 5.41. The van der Waals surface area contributed by atoms with Crippen LogP contribution in [0.5, 0.6) is 0 Å². The molecule has 0 spiro atoms. The molecule has 0 aliphatic carbocycles. The highest BCUT2D eigenvalue weighted by Crippen LogP contribution is 2.34. The first-order chi connectivity index (χ1) is 9.38. The van der Waals surface area contributed by atoms with E-state index in [0.29, 0.717) is 42.3 Å². The standard InChI is InChI=1S/C12H14F3N5/c1-7-10(6-19(2)18-7)20-9-3-4-16-5-8(9)17-11(20)12(13,14)15/h6,16H,3-5H2,1-2H3. The molecule has 5 nitrogen and oxygen atoms in total. The van der Waals surface area contributed by atoms with Crippen molar-refractivity contribution < 1.29 is 13.2 Å². The largest absolute Gasteiger partial charge is 0.450 e. The van der Waals surface area contributed by atoms with Gasteiger partial charge in [0.05, 0.1) is 17.1 Å². The lowest BCUT2D eigenvalue weighted by atomic mass is 10.2. The third-order valence-corrected chi connectivity index (χ3v) is 3.37. The SMILES string of the molecule is Cc1nn(C)cc1-n1c(C(F)(F)F)nc2c1CCNC2. The second kappa shape index (κ2) is 4.34. The van der Waals surface area contributed by atoms with Gasteiger partial charge < -0.3 is 5.32 Å². The highest BCUT2D eigenvalue weighted by atomic mass is 19.4. The minimum atomic E-state index is -4.49. The summed E-state index contributed by atoms with van der Waals surface area (Å²) in [4.78, 5) is 3.79. The second-order valence-electron chi connectivity index (χ2n) is 4.86. The van der Waals surface area contributed by atoms with Crippen LogP contribution in [0.3, 0.4) is 0 Å². The van der Waals surface area contributed by atoms with Crippen LogP contribution in [0.25, 0.3) is 5.69 Å². The van der Waals surface area contributed by atoms with Gasteiger partial charge in [0.15, 0.2) is 0 Å². The third kappa shape index (κ3) is 2.00. The Morgan fingerprint density at radius 3 is 2.70 bits per heavy atom. The van der Waals surface area contributed by atoms with Crippen molar-refractivity contribution in [3.05, 3.63) is 29.1 Å². The van der Waals surface area contributed by atoms with Crippen molar-refractivity contribution in [3.63, 3.8) is 0 Å². The van der Waals surface area contributed by atoms with Crippen LogP contribution in [0.15, 0.2) is 6.20 Å². The Balaban J connectivity index is 2.27. The van der Waals surface area contributed by atoms with Crippen molar-refractivity contribution in [2.24, 2.45) is 7.05 Å². The topological polar surface area (TPSA) is 47.7 Å². The average Bonchev–Trinajstić information content (AvgIpc) is 2.88. The van der Waals surface area contributed by atoms with Crippen LogP contribution < -0.4 is 5.32 Å². The zero-order valence-electron chi connectivity index (χ0n) is 11.1. The number of hydrogen-bond donors (Lipinski definition) is 1. The Morgan fingerprint density at radius 1 is 1.35 bits per heavy atom. The Kier molecular flexibility index (Phi) is 2.86. The summed E-state index contributed by atoms with van der Waals surface area (Å²) in [5.41, 5.74) is 2.08. The zero-order valence-corrected chi connectivity index (χ0v) is 11.1. The fourth-order valence-electron chi connectivity index (χ4n) is 2.57. The van der Waals surface area contributed by atoms with E-state index in [-0.39, 0.29) is 0 Å². The predicted molar refractivity (Wildman–Crippen MR) is 65.5 cm³/mol. The van der Waals surface area contributed by atoms with Gasteiger partial charge in [-0.05, 0) is 6.92 Å². The van der Waals surface area contributed by atoms with E-state index in [9.17, 15) is 13.2 Å². The van der Waals surface area contributed by atoms with Crippen LogP contribution in [0.1, 0.15) is 22.9 Å². The maximum atomic E-state index is 13.2. The Labute approximate surface area is 113 Å². The highest BCUT2D eigenvalue weighted by Gasteiger charge is 2.40. The number of aryl methyl sites for hydroxylation is 2. The van der Waals surface area contributed by atoms with E-state index < -0.39 is 12.0 Å². The lowest BCUT2D eigenvalue weighted by Gasteiger charge is -2.16. The molecule has 0 aromatic carbocycles. The fraction of sp³-hybridized carbons (Fsp3) is 0.500. The Morgan fingerprint density at radius 2 is 2.10 bits per heavy atom. The molecule has 0 atom stereocenters. The maximum Gasteiger partial charge on any atom is 0.450 e. The normalized spacial score (nSPS) is 15.4. The zero-order chi connectivity index (χ0) is 14.5. The lowest BCUT2D eigenvalue weighted by molar-refractivity contribution is -0.146. The molecular weight excluding hydrogens is 271 g/mol. The van der Waals surface area contributed by atoms with Crippen molar-refractivity contribution in [1.29, 1.82) is 0 Å². The van der Waals surface area contributed by atoms with Gasteiger partial charge in [0, 0.05) is 38.4 Å². The molecule has 3 rings (SSSR count). The van der Waals surface area contributed by atoms with Gasteiger partial charge in [-0.25, -0.2) is 4.98 Å². The van der Waals surface area contributed by atoms with E-state index in [2.05, 4.69) is 15.4 Å². The molecular formula is C12H14F3N5. The van der Waals surface area contributed by atoms with Gasteiger partial charge in [0.1, 0.15) is 0 Å². The third-order valence-electron chi connectivity index (χ3n) is 3.37. The molecule has 1 N–H and O–H groups in total. The lowest BCUT2D eigenvalue weighted by Crippen LogP contribution is -2.25. The molecule has 1 aliphatic heterocycles. The van der Waals surface area contributed by atoms with Crippen molar-refractivity contribution in [1.82, 2.24) is 24.6 Å². The maximum absolute atomic E-state index is 13.2. The van der Waals surface area contributed by atoms with E-state index >= 15 is 0 Å². The van der Waals surface area contributed by atoms with E-state index in [4.69, 9.17) is 0 Å². The number of rotatable bonds is 1. The van der Waals surface area contributed by atoms with Gasteiger partial charge >= 0.3 is 6.18 Å². The molecule has 0 saturated heterocycles. The molecule has 3 heterocycles. The molecule has 0 fully saturated rings. The molecule has 0 unspecified atom stereocenters. The van der Waals surface area contributed by atoms with Crippen molar-refractivity contribution in [2.45, 2.75) is 26.1 Å². The summed E-state index contributed by atoms with van der Waals surface area (Å²) in [5, 5.41) is 7.16. The second-order valence-corrected chi connectivity index (χ2v) is 4.86. The predicted octanol–water partition coefficient (Wildman–Crippen LogP) is 1.58. The molecule has 0 radical (unpaired) electrons. The van der Waals surface area contributed by atoms with Crippen molar-refractivity contribution >= 4 is 0 Å². The Bertz CT molecular complexity index is 653. The first-order valence-corrected chi connectivity index (χ1v) is 6.27. The van der Waals surface area contributed by atoms with Gasteiger partial charge in [-0.15, -0.1) is 0 Å². The summed E-state index contributed by atoms with van der Waals surface area (Å²) in [6.07, 6.45) is -2.37. The molecule has 20 heavy (non-hydrogen) atoms. The minimum Gasteiger partial charge on any atom is -0.311 e. The summed E-state index contributed by atoms with van der Waals surface area (Å²) in [7, 11) is 1.69. The van der Waals surface area contributed by atoms with Crippen LogP contribution in [0.2, 0.25) is 0 Å². The molecule has 8 heteroatoms. The summed E-state index contributed by atoms with van der Waals surface area (Å²) < 4.78 is 42.4. The van der Waals surface area contributed by atoms with Gasteiger partial charge in [-0.1, -0.05) is 0 Å². The van der Waals surface area contributed by atoms with E-state index in [1.807, 2.05) is 0 Å². The Hall–Kier alpha value is -1.83. The monoisotopic (exact) mass is 285 g/mol. The summed E-state index contributed by atoms with van der Waals surface area (Å²) >= 11 is 0. The first kappa shape index (κ1) is 13.2. The van der Waals surface area contributed by atoms with E-state index in [0.717, 1.165) is 0 Å². The quantitative estimate of drug-likeness (QED) is 0.865. The molecule has 1 aliphatic rings. The van der Waals surface area contributed by atoms with Crippen molar-refractivity contribution in [2.75, 3.05) is 6.54 Å². The van der Waals surface area contributed by atoms with Gasteiger partial charge in [-0.3, -0.25) is 9.25 Å². The summed E-state index contributed by atoms with van der Waals surface area (Å²) in [6.45, 7) is 2.71. The van der Waals surface area contributed by atoms with Crippen LogP contribution in [0, 0.1) is 6.92 Å². The fourth-order valence-corrected chi connectivity index (χ4v) is 2.57. The average molecular weight is 285 g/mol. The van der Waals surface area contributed by atoms with Gasteiger partial charge in [0.25, 0.3) is 0 Å². The molecule has 0 bridgehead atoms. The number of hydrogen-bond acceptors (Lipinski definition) is 3. The number of fused-ring (bicyclic) bond motifs is 1. The van der Waals surface area contributed by atoms with Crippen LogP contribution in [-0.2, 0) is 26.2 Å². The van der Waals surface area contributed by atoms with E-state index in [1.165, 1.54) is 9.25 Å². The van der Waals surface area contributed by atoms with Crippen LogP contribution in [0.4, 0.5) is 13.2 Å². The molecule has 108 valence electrons.